The van der Waals surface area contributed by atoms with E-state index >= 15 is 0 Å². The number of nitrogens with one attached hydrogen (secondary N) is 2. The third-order valence-electron chi connectivity index (χ3n) is 3.48. The Balaban J connectivity index is 2.00. The first-order valence-electron chi connectivity index (χ1n) is 7.36. The minimum Gasteiger partial charge on any atom is -0.352 e. The molecule has 0 saturated heterocycles. The summed E-state index contributed by atoms with van der Waals surface area (Å²) in [7, 11) is 0. The molecule has 0 aliphatic rings. The van der Waals surface area contributed by atoms with Crippen molar-refractivity contribution in [1.82, 2.24) is 10.6 Å². The van der Waals surface area contributed by atoms with Crippen molar-refractivity contribution in [3.05, 3.63) is 69.7 Å². The standard InChI is InChI=1S/C18H19BrN2O2/c1-12(16-5-3-4-6-17(16)19)21-18(23)15-9-7-14(8-10-15)11-20-13(2)22/h3-10,12H,11H2,1-2H3,(H,20,22)(H,21,23). The fraction of sp³-hybridized carbons (Fsp3) is 0.222. The molecule has 0 fully saturated rings. The number of hydrogen-bond donors (Lipinski definition) is 2. The maximum Gasteiger partial charge on any atom is 0.251 e. The van der Waals surface area contributed by atoms with Gasteiger partial charge in [0.05, 0.1) is 6.04 Å². The highest BCUT2D eigenvalue weighted by atomic mass is 79.9. The molecule has 0 bridgehead atoms. The van der Waals surface area contributed by atoms with Crippen molar-refractivity contribution < 1.29 is 9.59 Å². The molecule has 2 N–H and O–H groups in total. The maximum absolute atomic E-state index is 12.3. The molecule has 2 rings (SSSR count). The van der Waals surface area contributed by atoms with Crippen molar-refractivity contribution in [2.24, 2.45) is 0 Å². The number of benzene rings is 2. The summed E-state index contributed by atoms with van der Waals surface area (Å²) in [5.41, 5.74) is 2.58. The number of hydrogen-bond acceptors (Lipinski definition) is 2. The summed E-state index contributed by atoms with van der Waals surface area (Å²) >= 11 is 3.50. The first-order valence-corrected chi connectivity index (χ1v) is 8.15. The molecule has 4 nitrogen and oxygen atoms in total. The summed E-state index contributed by atoms with van der Waals surface area (Å²) < 4.78 is 0.971. The molecule has 1 unspecified atom stereocenters. The van der Waals surface area contributed by atoms with Crippen LogP contribution in [0.15, 0.2) is 53.0 Å². The molecule has 0 spiro atoms. The van der Waals surface area contributed by atoms with E-state index in [2.05, 4.69) is 26.6 Å². The molecule has 0 heterocycles. The summed E-state index contributed by atoms with van der Waals surface area (Å²) in [6.45, 7) is 3.89. The zero-order valence-electron chi connectivity index (χ0n) is 13.1. The Kier molecular flexibility index (Phi) is 5.93. The third-order valence-corrected chi connectivity index (χ3v) is 4.20. The van der Waals surface area contributed by atoms with Crippen LogP contribution in [0.2, 0.25) is 0 Å². The van der Waals surface area contributed by atoms with Gasteiger partial charge in [-0.25, -0.2) is 0 Å². The van der Waals surface area contributed by atoms with E-state index in [1.165, 1.54) is 6.92 Å². The lowest BCUT2D eigenvalue weighted by molar-refractivity contribution is -0.119. The Morgan fingerprint density at radius 3 is 2.35 bits per heavy atom. The van der Waals surface area contributed by atoms with E-state index < -0.39 is 0 Å². The fourth-order valence-corrected chi connectivity index (χ4v) is 2.81. The third kappa shape index (κ3) is 4.93. The second-order valence-electron chi connectivity index (χ2n) is 5.32. The predicted octanol–water partition coefficient (Wildman–Crippen LogP) is 3.58. The highest BCUT2D eigenvalue weighted by molar-refractivity contribution is 9.10. The van der Waals surface area contributed by atoms with Gasteiger partial charge in [-0.3, -0.25) is 9.59 Å². The van der Waals surface area contributed by atoms with Gasteiger partial charge in [-0.2, -0.15) is 0 Å². The molecule has 0 saturated carbocycles. The van der Waals surface area contributed by atoms with Gasteiger partial charge in [0.1, 0.15) is 0 Å². The van der Waals surface area contributed by atoms with Crippen molar-refractivity contribution in [1.29, 1.82) is 0 Å². The Hall–Kier alpha value is -2.14. The second kappa shape index (κ2) is 7.92. The van der Waals surface area contributed by atoms with Gasteiger partial charge in [-0.1, -0.05) is 46.3 Å². The van der Waals surface area contributed by atoms with Gasteiger partial charge in [0, 0.05) is 23.5 Å². The quantitative estimate of drug-likeness (QED) is 0.840. The highest BCUT2D eigenvalue weighted by Crippen LogP contribution is 2.23. The molecule has 2 aromatic carbocycles. The first kappa shape index (κ1) is 17.2. The van der Waals surface area contributed by atoms with Crippen LogP contribution in [0, 0.1) is 0 Å². The van der Waals surface area contributed by atoms with Crippen LogP contribution in [-0.4, -0.2) is 11.8 Å². The minimum atomic E-state index is -0.126. The van der Waals surface area contributed by atoms with E-state index in [9.17, 15) is 9.59 Å². The first-order chi connectivity index (χ1) is 11.0. The molecule has 0 radical (unpaired) electrons. The van der Waals surface area contributed by atoms with Crippen LogP contribution >= 0.6 is 15.9 Å². The Morgan fingerprint density at radius 1 is 1.09 bits per heavy atom. The SMILES string of the molecule is CC(=O)NCc1ccc(C(=O)NC(C)c2ccccc2Br)cc1. The molecule has 5 heteroatoms. The van der Waals surface area contributed by atoms with Gasteiger partial charge in [0.15, 0.2) is 0 Å². The van der Waals surface area contributed by atoms with Crippen LogP contribution in [0.5, 0.6) is 0 Å². The highest BCUT2D eigenvalue weighted by Gasteiger charge is 2.13. The zero-order chi connectivity index (χ0) is 16.8. The summed E-state index contributed by atoms with van der Waals surface area (Å²) in [6, 6.07) is 14.9. The van der Waals surface area contributed by atoms with Gasteiger partial charge in [-0.15, -0.1) is 0 Å². The topological polar surface area (TPSA) is 58.2 Å². The molecular weight excluding hydrogens is 356 g/mol. The van der Waals surface area contributed by atoms with Gasteiger partial charge in [0.25, 0.3) is 5.91 Å². The minimum absolute atomic E-state index is 0.0749. The lowest BCUT2D eigenvalue weighted by Gasteiger charge is -2.16. The van der Waals surface area contributed by atoms with E-state index in [-0.39, 0.29) is 17.9 Å². The Labute approximate surface area is 144 Å². The number of halogens is 1. The molecule has 2 aromatic rings. The smallest absolute Gasteiger partial charge is 0.251 e. The van der Waals surface area contributed by atoms with Crippen LogP contribution in [0.4, 0.5) is 0 Å². The fourth-order valence-electron chi connectivity index (χ4n) is 2.18. The van der Waals surface area contributed by atoms with Crippen molar-refractivity contribution in [2.75, 3.05) is 0 Å². The number of carbonyl (C=O) groups is 2. The van der Waals surface area contributed by atoms with Crippen molar-refractivity contribution in [3.8, 4) is 0 Å². The second-order valence-corrected chi connectivity index (χ2v) is 6.18. The number of rotatable bonds is 5. The number of carbonyl (C=O) groups excluding carboxylic acids is 2. The van der Waals surface area contributed by atoms with Crippen LogP contribution in [-0.2, 0) is 11.3 Å². The molecule has 120 valence electrons. The molecule has 1 atom stereocenters. The van der Waals surface area contributed by atoms with Gasteiger partial charge in [0.2, 0.25) is 5.91 Å². The Morgan fingerprint density at radius 2 is 1.74 bits per heavy atom. The molecule has 0 aliphatic carbocycles. The lowest BCUT2D eigenvalue weighted by Crippen LogP contribution is -2.27. The largest absolute Gasteiger partial charge is 0.352 e. The van der Waals surface area contributed by atoms with E-state index in [4.69, 9.17) is 0 Å². The molecule has 0 aromatic heterocycles. The monoisotopic (exact) mass is 374 g/mol. The molecule has 23 heavy (non-hydrogen) atoms. The van der Waals surface area contributed by atoms with Gasteiger partial charge >= 0.3 is 0 Å². The van der Waals surface area contributed by atoms with Crippen molar-refractivity contribution in [2.45, 2.75) is 26.4 Å². The van der Waals surface area contributed by atoms with E-state index in [1.54, 1.807) is 12.1 Å². The van der Waals surface area contributed by atoms with E-state index in [0.29, 0.717) is 12.1 Å². The van der Waals surface area contributed by atoms with Crippen LogP contribution in [0.3, 0.4) is 0 Å². The van der Waals surface area contributed by atoms with Crippen molar-refractivity contribution >= 4 is 27.7 Å². The van der Waals surface area contributed by atoms with Crippen molar-refractivity contribution in [3.63, 3.8) is 0 Å². The lowest BCUT2D eigenvalue weighted by atomic mass is 10.1. The molecule has 0 aliphatic heterocycles. The van der Waals surface area contributed by atoms with Crippen LogP contribution in [0.25, 0.3) is 0 Å². The number of amides is 2. The van der Waals surface area contributed by atoms with E-state index in [1.807, 2.05) is 43.3 Å². The summed E-state index contributed by atoms with van der Waals surface area (Å²) in [5, 5.41) is 5.71. The summed E-state index contributed by atoms with van der Waals surface area (Å²) in [4.78, 5) is 23.2. The average Bonchev–Trinajstić information content (AvgIpc) is 2.53. The average molecular weight is 375 g/mol. The Bertz CT molecular complexity index is 698. The maximum atomic E-state index is 12.3. The van der Waals surface area contributed by atoms with Gasteiger partial charge in [-0.05, 0) is 36.2 Å². The normalized spacial score (nSPS) is 11.6. The molecule has 2 amide bonds. The molecular formula is C18H19BrN2O2. The summed E-state index contributed by atoms with van der Waals surface area (Å²) in [6.07, 6.45) is 0. The van der Waals surface area contributed by atoms with Gasteiger partial charge < -0.3 is 10.6 Å². The zero-order valence-corrected chi connectivity index (χ0v) is 14.7. The van der Waals surface area contributed by atoms with Crippen LogP contribution in [0.1, 0.15) is 41.4 Å². The van der Waals surface area contributed by atoms with Crippen LogP contribution < -0.4 is 10.6 Å². The van der Waals surface area contributed by atoms with E-state index in [0.717, 1.165) is 15.6 Å². The summed E-state index contributed by atoms with van der Waals surface area (Å²) in [5.74, 6) is -0.201. The predicted molar refractivity (Wildman–Crippen MR) is 94.0 cm³/mol.